The van der Waals surface area contributed by atoms with Crippen LogP contribution in [0.3, 0.4) is 0 Å². The third-order valence-corrected chi connectivity index (χ3v) is 2.25. The van der Waals surface area contributed by atoms with E-state index in [4.69, 9.17) is 4.74 Å². The Hall–Kier alpha value is -1.50. The molecule has 0 amide bonds. The Morgan fingerprint density at radius 1 is 1.14 bits per heavy atom. The number of benzene rings is 1. The molecule has 0 aliphatic heterocycles. The van der Waals surface area contributed by atoms with Crippen LogP contribution in [0.25, 0.3) is 0 Å². The van der Waals surface area contributed by atoms with E-state index in [9.17, 15) is 0 Å². The van der Waals surface area contributed by atoms with E-state index in [1.807, 2.05) is 24.3 Å². The van der Waals surface area contributed by atoms with E-state index < -0.39 is 0 Å². The molecule has 0 spiro atoms. The molecule has 2 rings (SSSR count). The Bertz CT molecular complexity index is 357. The Labute approximate surface area is 84.7 Å². The molecule has 0 heterocycles. The molecule has 0 atom stereocenters. The maximum absolute atomic E-state index is 5.72. The summed E-state index contributed by atoms with van der Waals surface area (Å²) in [5.74, 6) is 1.98. The molecule has 0 fully saturated rings. The van der Waals surface area contributed by atoms with Gasteiger partial charge in [0.2, 0.25) is 0 Å². The first-order valence-corrected chi connectivity index (χ1v) is 4.95. The van der Waals surface area contributed by atoms with Crippen molar-refractivity contribution >= 4 is 0 Å². The fourth-order valence-corrected chi connectivity index (χ4v) is 1.42. The molecule has 1 aliphatic rings. The summed E-state index contributed by atoms with van der Waals surface area (Å²) in [5.41, 5.74) is 1.26. The van der Waals surface area contributed by atoms with Crippen LogP contribution in [0.2, 0.25) is 0 Å². The van der Waals surface area contributed by atoms with Crippen LogP contribution >= 0.6 is 0 Å². The second kappa shape index (κ2) is 4.14. The Balaban J connectivity index is 2.07. The van der Waals surface area contributed by atoms with E-state index in [1.165, 1.54) is 5.56 Å². The van der Waals surface area contributed by atoms with Crippen molar-refractivity contribution in [3.8, 4) is 5.75 Å². The van der Waals surface area contributed by atoms with E-state index in [0.29, 0.717) is 0 Å². The quantitative estimate of drug-likeness (QED) is 0.685. The molecule has 14 heavy (non-hydrogen) atoms. The molecule has 0 unspecified atom stereocenters. The zero-order valence-electron chi connectivity index (χ0n) is 8.36. The van der Waals surface area contributed by atoms with Crippen LogP contribution < -0.4 is 4.74 Å². The molecule has 1 aromatic rings. The van der Waals surface area contributed by atoms with E-state index in [2.05, 4.69) is 25.1 Å². The molecule has 0 bridgehead atoms. The van der Waals surface area contributed by atoms with Crippen LogP contribution in [0.4, 0.5) is 0 Å². The topological polar surface area (TPSA) is 9.23 Å². The third-order valence-electron chi connectivity index (χ3n) is 2.25. The maximum Gasteiger partial charge on any atom is 0.126 e. The Morgan fingerprint density at radius 2 is 1.93 bits per heavy atom. The summed E-state index contributed by atoms with van der Waals surface area (Å²) in [6.07, 6.45) is 8.32. The lowest BCUT2D eigenvalue weighted by Crippen LogP contribution is -1.96. The summed E-state index contributed by atoms with van der Waals surface area (Å²) in [4.78, 5) is 0. The average molecular weight is 186 g/mol. The predicted molar refractivity (Wildman–Crippen MR) is 58.3 cm³/mol. The van der Waals surface area contributed by atoms with Crippen molar-refractivity contribution in [2.45, 2.75) is 19.8 Å². The monoisotopic (exact) mass is 186 g/mol. The van der Waals surface area contributed by atoms with Gasteiger partial charge in [-0.2, -0.15) is 0 Å². The first kappa shape index (κ1) is 9.07. The highest BCUT2D eigenvalue weighted by Gasteiger charge is 2.01. The van der Waals surface area contributed by atoms with Gasteiger partial charge >= 0.3 is 0 Å². The lowest BCUT2D eigenvalue weighted by molar-refractivity contribution is 0.402. The normalized spacial score (nSPS) is 15.1. The number of hydrogen-bond donors (Lipinski definition) is 0. The van der Waals surface area contributed by atoms with Crippen molar-refractivity contribution < 1.29 is 4.74 Å². The van der Waals surface area contributed by atoms with Gasteiger partial charge in [-0.25, -0.2) is 0 Å². The molecule has 0 aromatic heterocycles. The van der Waals surface area contributed by atoms with Crippen LogP contribution in [0, 0.1) is 6.92 Å². The minimum atomic E-state index is 0.928. The number of allylic oxidation sites excluding steroid dienone is 4. The number of ether oxygens (including phenoxy) is 1. The predicted octanol–water partition coefficient (Wildman–Crippen LogP) is 3.61. The summed E-state index contributed by atoms with van der Waals surface area (Å²) >= 11 is 0. The zero-order chi connectivity index (χ0) is 9.80. The summed E-state index contributed by atoms with van der Waals surface area (Å²) in [6, 6.07) is 8.14. The van der Waals surface area contributed by atoms with Gasteiger partial charge in [0.25, 0.3) is 0 Å². The van der Waals surface area contributed by atoms with E-state index in [-0.39, 0.29) is 0 Å². The van der Waals surface area contributed by atoms with Crippen molar-refractivity contribution in [3.05, 3.63) is 53.8 Å². The van der Waals surface area contributed by atoms with Crippen molar-refractivity contribution in [1.29, 1.82) is 0 Å². The number of rotatable bonds is 2. The lowest BCUT2D eigenvalue weighted by Gasteiger charge is -2.10. The van der Waals surface area contributed by atoms with Gasteiger partial charge in [-0.15, -0.1) is 0 Å². The SMILES string of the molecule is Cc1ccc(OC2=CC=CCC2)cc1. The Kier molecular flexibility index (Phi) is 2.68. The second-order valence-electron chi connectivity index (χ2n) is 3.51. The van der Waals surface area contributed by atoms with Gasteiger partial charge in [-0.05, 0) is 31.6 Å². The van der Waals surface area contributed by atoms with Gasteiger partial charge in [0, 0.05) is 6.42 Å². The highest BCUT2D eigenvalue weighted by atomic mass is 16.5. The molecule has 0 saturated heterocycles. The molecular weight excluding hydrogens is 172 g/mol. The molecule has 1 nitrogen and oxygen atoms in total. The highest BCUT2D eigenvalue weighted by molar-refractivity contribution is 5.29. The van der Waals surface area contributed by atoms with E-state index in [0.717, 1.165) is 24.4 Å². The highest BCUT2D eigenvalue weighted by Crippen LogP contribution is 2.19. The molecule has 1 aromatic carbocycles. The molecule has 1 aliphatic carbocycles. The van der Waals surface area contributed by atoms with Crippen molar-refractivity contribution in [3.63, 3.8) is 0 Å². The van der Waals surface area contributed by atoms with E-state index >= 15 is 0 Å². The summed E-state index contributed by atoms with van der Waals surface area (Å²) in [5, 5.41) is 0. The van der Waals surface area contributed by atoms with Gasteiger partial charge in [-0.1, -0.05) is 29.8 Å². The maximum atomic E-state index is 5.72. The Morgan fingerprint density at radius 3 is 2.57 bits per heavy atom. The first-order chi connectivity index (χ1) is 6.84. The lowest BCUT2D eigenvalue weighted by atomic mass is 10.1. The van der Waals surface area contributed by atoms with Gasteiger partial charge < -0.3 is 4.74 Å². The molecule has 0 radical (unpaired) electrons. The number of aryl methyl sites for hydroxylation is 1. The molecule has 0 saturated carbocycles. The summed E-state index contributed by atoms with van der Waals surface area (Å²) in [6.45, 7) is 2.08. The van der Waals surface area contributed by atoms with Crippen molar-refractivity contribution in [2.75, 3.05) is 0 Å². The number of hydrogen-bond acceptors (Lipinski definition) is 1. The van der Waals surface area contributed by atoms with E-state index in [1.54, 1.807) is 0 Å². The van der Waals surface area contributed by atoms with Crippen LogP contribution in [0.1, 0.15) is 18.4 Å². The minimum Gasteiger partial charge on any atom is -0.462 e. The van der Waals surface area contributed by atoms with Gasteiger partial charge in [0.15, 0.2) is 0 Å². The van der Waals surface area contributed by atoms with Crippen LogP contribution in [0.5, 0.6) is 5.75 Å². The van der Waals surface area contributed by atoms with Gasteiger partial charge in [0.05, 0.1) is 0 Å². The first-order valence-electron chi connectivity index (χ1n) is 4.95. The summed E-state index contributed by atoms with van der Waals surface area (Å²) < 4.78 is 5.72. The molecule has 1 heteroatoms. The van der Waals surface area contributed by atoms with Crippen LogP contribution in [-0.4, -0.2) is 0 Å². The van der Waals surface area contributed by atoms with Crippen molar-refractivity contribution in [1.82, 2.24) is 0 Å². The van der Waals surface area contributed by atoms with Gasteiger partial charge in [0.1, 0.15) is 11.5 Å². The molecule has 0 N–H and O–H groups in total. The fourth-order valence-electron chi connectivity index (χ4n) is 1.42. The minimum absolute atomic E-state index is 0.928. The van der Waals surface area contributed by atoms with Gasteiger partial charge in [-0.3, -0.25) is 0 Å². The third kappa shape index (κ3) is 2.25. The average Bonchev–Trinajstić information content (AvgIpc) is 2.23. The molecule has 72 valence electrons. The van der Waals surface area contributed by atoms with Crippen molar-refractivity contribution in [2.24, 2.45) is 0 Å². The fraction of sp³-hybridized carbons (Fsp3) is 0.231. The second-order valence-corrected chi connectivity index (χ2v) is 3.51. The van der Waals surface area contributed by atoms with Crippen LogP contribution in [-0.2, 0) is 0 Å². The standard InChI is InChI=1S/C13H14O/c1-11-7-9-13(10-8-11)14-12-5-3-2-4-6-12/h2-3,5,7-10H,4,6H2,1H3. The summed E-state index contributed by atoms with van der Waals surface area (Å²) in [7, 11) is 0. The molecular formula is C13H14O. The largest absolute Gasteiger partial charge is 0.462 e. The van der Waals surface area contributed by atoms with Crippen LogP contribution in [0.15, 0.2) is 48.3 Å². The zero-order valence-corrected chi connectivity index (χ0v) is 8.36. The smallest absolute Gasteiger partial charge is 0.126 e.